The lowest BCUT2D eigenvalue weighted by Gasteiger charge is -2.31. The van der Waals surface area contributed by atoms with Gasteiger partial charge in [0.05, 0.1) is 15.8 Å². The molecule has 4 nitrogen and oxygen atoms in total. The fraction of sp³-hybridized carbons (Fsp3) is 0.500. The molecule has 1 aliphatic rings. The number of nitrogens with one attached hydrogen (secondary N) is 1. The van der Waals surface area contributed by atoms with Crippen molar-refractivity contribution in [2.24, 2.45) is 0 Å². The van der Waals surface area contributed by atoms with Crippen molar-refractivity contribution in [2.45, 2.75) is 37.7 Å². The lowest BCUT2D eigenvalue weighted by Crippen LogP contribution is -2.38. The molecule has 2 aromatic rings. The van der Waals surface area contributed by atoms with Gasteiger partial charge in [0.25, 0.3) is 0 Å². The van der Waals surface area contributed by atoms with E-state index in [0.29, 0.717) is 6.54 Å². The third-order valence-electron chi connectivity index (χ3n) is 3.77. The van der Waals surface area contributed by atoms with Crippen LogP contribution in [0.3, 0.4) is 0 Å². The maximum atomic E-state index is 10.4. The summed E-state index contributed by atoms with van der Waals surface area (Å²) in [6.45, 7) is 0.586. The zero-order valence-electron chi connectivity index (χ0n) is 10.9. The average Bonchev–Trinajstić information content (AvgIpc) is 2.79. The second-order valence-electron chi connectivity index (χ2n) is 5.38. The summed E-state index contributed by atoms with van der Waals surface area (Å²) < 4.78 is 1.08. The van der Waals surface area contributed by atoms with E-state index in [2.05, 4.69) is 10.3 Å². The van der Waals surface area contributed by atoms with Crippen molar-refractivity contribution in [1.29, 1.82) is 0 Å². The van der Waals surface area contributed by atoms with Crippen molar-refractivity contribution in [3.8, 4) is 0 Å². The Morgan fingerprint density at radius 2 is 2.11 bits per heavy atom. The highest BCUT2D eigenvalue weighted by atomic mass is 32.1. The number of nitrogens with zero attached hydrogens (tertiary/aromatic N) is 1. The molecule has 1 aromatic carbocycles. The van der Waals surface area contributed by atoms with Crippen molar-refractivity contribution >= 4 is 32.4 Å². The number of anilines is 2. The molecule has 0 radical (unpaired) electrons. The van der Waals surface area contributed by atoms with Gasteiger partial charge in [0.15, 0.2) is 5.13 Å². The Hall–Kier alpha value is -1.33. The summed E-state index contributed by atoms with van der Waals surface area (Å²) in [7, 11) is 0. The molecule has 5 heteroatoms. The number of rotatable bonds is 3. The number of nitrogens with two attached hydrogens (primary N) is 1. The lowest BCUT2D eigenvalue weighted by molar-refractivity contribution is 0.0167. The van der Waals surface area contributed by atoms with Crippen LogP contribution in [0.4, 0.5) is 10.8 Å². The van der Waals surface area contributed by atoms with E-state index in [1.165, 1.54) is 6.42 Å². The summed E-state index contributed by atoms with van der Waals surface area (Å²) in [4.78, 5) is 4.51. The number of hydrogen-bond acceptors (Lipinski definition) is 5. The summed E-state index contributed by atoms with van der Waals surface area (Å²) >= 11 is 1.59. The first-order valence-corrected chi connectivity index (χ1v) is 7.59. The molecule has 19 heavy (non-hydrogen) atoms. The van der Waals surface area contributed by atoms with Crippen LogP contribution in [0.5, 0.6) is 0 Å². The fourth-order valence-electron chi connectivity index (χ4n) is 2.64. The molecule has 1 aromatic heterocycles. The molecule has 0 amide bonds. The minimum Gasteiger partial charge on any atom is -0.399 e. The monoisotopic (exact) mass is 277 g/mol. The van der Waals surface area contributed by atoms with Crippen LogP contribution in [0.15, 0.2) is 18.2 Å². The first kappa shape index (κ1) is 12.7. The largest absolute Gasteiger partial charge is 0.399 e. The number of benzene rings is 1. The smallest absolute Gasteiger partial charge is 0.183 e. The maximum absolute atomic E-state index is 10.4. The van der Waals surface area contributed by atoms with Crippen molar-refractivity contribution < 1.29 is 5.11 Å². The Morgan fingerprint density at radius 1 is 1.32 bits per heavy atom. The summed E-state index contributed by atoms with van der Waals surface area (Å²) in [5.74, 6) is 0. The van der Waals surface area contributed by atoms with Gasteiger partial charge in [0.2, 0.25) is 0 Å². The maximum Gasteiger partial charge on any atom is 0.183 e. The fourth-order valence-corrected chi connectivity index (χ4v) is 3.55. The van der Waals surface area contributed by atoms with E-state index < -0.39 is 5.60 Å². The molecule has 1 saturated carbocycles. The zero-order chi connectivity index (χ0) is 13.3. The van der Waals surface area contributed by atoms with Crippen LogP contribution in [0, 0.1) is 0 Å². The minimum absolute atomic E-state index is 0.560. The first-order valence-electron chi connectivity index (χ1n) is 6.77. The van der Waals surface area contributed by atoms with Crippen LogP contribution < -0.4 is 11.1 Å². The van der Waals surface area contributed by atoms with Crippen molar-refractivity contribution in [3.63, 3.8) is 0 Å². The van der Waals surface area contributed by atoms with Crippen molar-refractivity contribution in [2.75, 3.05) is 17.6 Å². The van der Waals surface area contributed by atoms with Gasteiger partial charge in [-0.05, 0) is 31.0 Å². The number of hydrogen-bond donors (Lipinski definition) is 3. The predicted molar refractivity (Wildman–Crippen MR) is 80.6 cm³/mol. The predicted octanol–water partition coefficient (Wildman–Crippen LogP) is 2.99. The van der Waals surface area contributed by atoms with Gasteiger partial charge in [-0.25, -0.2) is 4.98 Å². The molecule has 1 fully saturated rings. The van der Waals surface area contributed by atoms with E-state index >= 15 is 0 Å². The van der Waals surface area contributed by atoms with Crippen molar-refractivity contribution in [1.82, 2.24) is 4.98 Å². The molecule has 3 rings (SSSR count). The highest BCUT2D eigenvalue weighted by Gasteiger charge is 2.29. The Balaban J connectivity index is 1.71. The highest BCUT2D eigenvalue weighted by molar-refractivity contribution is 7.22. The summed E-state index contributed by atoms with van der Waals surface area (Å²) in [5, 5.41) is 14.6. The Kier molecular flexibility index (Phi) is 3.33. The molecule has 4 N–H and O–H groups in total. The molecule has 0 saturated heterocycles. The average molecular weight is 277 g/mol. The number of aromatic nitrogens is 1. The van der Waals surface area contributed by atoms with Crippen LogP contribution in [-0.2, 0) is 0 Å². The van der Waals surface area contributed by atoms with Gasteiger partial charge in [0, 0.05) is 12.2 Å². The molecule has 0 unspecified atom stereocenters. The molecular formula is C14H19N3OS. The topological polar surface area (TPSA) is 71.2 Å². The van der Waals surface area contributed by atoms with Gasteiger partial charge < -0.3 is 16.2 Å². The van der Waals surface area contributed by atoms with Crippen LogP contribution >= 0.6 is 11.3 Å². The molecule has 0 spiro atoms. The molecule has 1 aliphatic carbocycles. The van der Waals surface area contributed by atoms with Crippen molar-refractivity contribution in [3.05, 3.63) is 18.2 Å². The van der Waals surface area contributed by atoms with E-state index in [1.54, 1.807) is 11.3 Å². The number of thiazole rings is 1. The van der Waals surface area contributed by atoms with Gasteiger partial charge in [-0.1, -0.05) is 30.6 Å². The van der Waals surface area contributed by atoms with Crippen LogP contribution in [0.1, 0.15) is 32.1 Å². The van der Waals surface area contributed by atoms with Gasteiger partial charge >= 0.3 is 0 Å². The zero-order valence-corrected chi connectivity index (χ0v) is 11.7. The second-order valence-corrected chi connectivity index (χ2v) is 6.42. The van der Waals surface area contributed by atoms with E-state index in [1.807, 2.05) is 18.2 Å². The lowest BCUT2D eigenvalue weighted by atomic mass is 9.85. The number of aliphatic hydroxyl groups is 1. The van der Waals surface area contributed by atoms with Gasteiger partial charge in [-0.15, -0.1) is 0 Å². The molecule has 0 bridgehead atoms. The Bertz CT molecular complexity index is 575. The highest BCUT2D eigenvalue weighted by Crippen LogP contribution is 2.31. The molecule has 0 atom stereocenters. The van der Waals surface area contributed by atoms with E-state index in [0.717, 1.165) is 46.7 Å². The van der Waals surface area contributed by atoms with Gasteiger partial charge in [-0.3, -0.25) is 0 Å². The minimum atomic E-state index is -0.560. The van der Waals surface area contributed by atoms with Gasteiger partial charge in [0.1, 0.15) is 0 Å². The molecular weight excluding hydrogens is 258 g/mol. The standard InChI is InChI=1S/C14H19N3OS/c15-10-4-5-11-12(8-10)19-13(17-11)16-9-14(18)6-2-1-3-7-14/h4-5,8,18H,1-3,6-7,9,15H2,(H,16,17). The van der Waals surface area contributed by atoms with Gasteiger partial charge in [-0.2, -0.15) is 0 Å². The Morgan fingerprint density at radius 3 is 2.89 bits per heavy atom. The Labute approximate surface area is 116 Å². The number of nitrogen functional groups attached to an aromatic ring is 1. The van der Waals surface area contributed by atoms with E-state index in [9.17, 15) is 5.11 Å². The summed E-state index contributed by atoms with van der Waals surface area (Å²) in [5.41, 5.74) is 6.92. The SMILES string of the molecule is Nc1ccc2nc(NCC3(O)CCCCC3)sc2c1. The van der Waals surface area contributed by atoms with E-state index in [-0.39, 0.29) is 0 Å². The molecule has 102 valence electrons. The summed E-state index contributed by atoms with van der Waals surface area (Å²) in [6, 6.07) is 5.73. The normalized spacial score (nSPS) is 18.6. The molecule has 0 aliphatic heterocycles. The second kappa shape index (κ2) is 4.98. The molecule has 1 heterocycles. The third kappa shape index (κ3) is 2.82. The van der Waals surface area contributed by atoms with Crippen LogP contribution in [0.25, 0.3) is 10.2 Å². The quantitative estimate of drug-likeness (QED) is 0.754. The van der Waals surface area contributed by atoms with E-state index in [4.69, 9.17) is 5.73 Å². The number of fused-ring (bicyclic) bond motifs is 1. The van der Waals surface area contributed by atoms with Crippen LogP contribution in [-0.4, -0.2) is 22.2 Å². The van der Waals surface area contributed by atoms with Crippen LogP contribution in [0.2, 0.25) is 0 Å². The third-order valence-corrected chi connectivity index (χ3v) is 4.74. The summed E-state index contributed by atoms with van der Waals surface area (Å²) in [6.07, 6.45) is 5.25. The first-order chi connectivity index (χ1) is 9.15.